The Morgan fingerprint density at radius 3 is 2.40 bits per heavy atom. The number of anilines is 2. The third-order valence-electron chi connectivity index (χ3n) is 3.98. The lowest BCUT2D eigenvalue weighted by molar-refractivity contribution is -0.384. The molecule has 0 aromatic heterocycles. The molecule has 0 aliphatic carbocycles. The molecule has 2 aromatic rings. The Morgan fingerprint density at radius 1 is 1.16 bits per heavy atom. The Labute approximate surface area is 142 Å². The number of nitrogens with zero attached hydrogens (tertiary/aromatic N) is 2. The van der Waals surface area contributed by atoms with E-state index in [9.17, 15) is 24.1 Å². The van der Waals surface area contributed by atoms with Crippen LogP contribution in [0.25, 0.3) is 0 Å². The van der Waals surface area contributed by atoms with Gasteiger partial charge in [-0.25, -0.2) is 4.39 Å². The second-order valence-electron chi connectivity index (χ2n) is 5.68. The molecule has 1 heterocycles. The van der Waals surface area contributed by atoms with Crippen molar-refractivity contribution in [2.45, 2.75) is 6.42 Å². The van der Waals surface area contributed by atoms with Gasteiger partial charge in [0.15, 0.2) is 0 Å². The van der Waals surface area contributed by atoms with Crippen LogP contribution in [-0.4, -0.2) is 23.3 Å². The zero-order chi connectivity index (χ0) is 18.0. The number of nitrogens with one attached hydrogen (secondary N) is 1. The van der Waals surface area contributed by atoms with Crippen LogP contribution in [0, 0.1) is 21.8 Å². The minimum Gasteiger partial charge on any atom is -0.326 e. The molecule has 2 amide bonds. The summed E-state index contributed by atoms with van der Waals surface area (Å²) in [4.78, 5) is 36.0. The van der Waals surface area contributed by atoms with Crippen LogP contribution in [0.4, 0.5) is 21.5 Å². The quantitative estimate of drug-likeness (QED) is 0.682. The van der Waals surface area contributed by atoms with Crippen LogP contribution in [0.15, 0.2) is 48.5 Å². The van der Waals surface area contributed by atoms with Crippen molar-refractivity contribution in [3.63, 3.8) is 0 Å². The van der Waals surface area contributed by atoms with E-state index in [4.69, 9.17) is 0 Å². The van der Waals surface area contributed by atoms with Crippen molar-refractivity contribution >= 4 is 28.9 Å². The van der Waals surface area contributed by atoms with Crippen LogP contribution < -0.4 is 10.2 Å². The van der Waals surface area contributed by atoms with Crippen LogP contribution in [-0.2, 0) is 9.59 Å². The van der Waals surface area contributed by atoms with Crippen LogP contribution in [0.1, 0.15) is 6.42 Å². The first-order chi connectivity index (χ1) is 11.9. The summed E-state index contributed by atoms with van der Waals surface area (Å²) in [6, 6.07) is 10.9. The Balaban J connectivity index is 1.66. The lowest BCUT2D eigenvalue weighted by Gasteiger charge is -2.16. The van der Waals surface area contributed by atoms with Crippen molar-refractivity contribution in [2.75, 3.05) is 16.8 Å². The molecule has 1 N–H and O–H groups in total. The molecule has 2 aromatic carbocycles. The number of nitro benzene ring substituents is 1. The number of rotatable bonds is 4. The van der Waals surface area contributed by atoms with Crippen molar-refractivity contribution in [2.24, 2.45) is 5.92 Å². The molecule has 3 rings (SSSR count). The SMILES string of the molecule is O=C(Nc1ccc([N+](=O)[O-])cc1)C1CC(=O)N(c2ccc(F)cc2)C1. The lowest BCUT2D eigenvalue weighted by Crippen LogP contribution is -2.28. The van der Waals surface area contributed by atoms with E-state index >= 15 is 0 Å². The maximum absolute atomic E-state index is 13.0. The average Bonchev–Trinajstić information content (AvgIpc) is 2.98. The highest BCUT2D eigenvalue weighted by atomic mass is 19.1. The van der Waals surface area contributed by atoms with Crippen LogP contribution in [0.3, 0.4) is 0 Å². The summed E-state index contributed by atoms with van der Waals surface area (Å²) in [6.07, 6.45) is 0.0518. The summed E-state index contributed by atoms with van der Waals surface area (Å²) in [7, 11) is 0. The van der Waals surface area contributed by atoms with Crippen molar-refractivity contribution in [3.05, 3.63) is 64.5 Å². The van der Waals surface area contributed by atoms with E-state index in [1.165, 1.54) is 53.4 Å². The van der Waals surface area contributed by atoms with Crippen LogP contribution in [0.2, 0.25) is 0 Å². The van der Waals surface area contributed by atoms with E-state index in [0.717, 1.165) is 0 Å². The number of hydrogen-bond acceptors (Lipinski definition) is 4. The summed E-state index contributed by atoms with van der Waals surface area (Å²) in [5.41, 5.74) is 0.886. The molecule has 1 unspecified atom stereocenters. The highest BCUT2D eigenvalue weighted by Crippen LogP contribution is 2.26. The minimum atomic E-state index is -0.548. The number of nitro groups is 1. The van der Waals surface area contributed by atoms with E-state index in [0.29, 0.717) is 11.4 Å². The summed E-state index contributed by atoms with van der Waals surface area (Å²) < 4.78 is 13.0. The molecule has 1 atom stereocenters. The van der Waals surface area contributed by atoms with Crippen LogP contribution >= 0.6 is 0 Å². The van der Waals surface area contributed by atoms with Crippen molar-refractivity contribution < 1.29 is 18.9 Å². The Hall–Kier alpha value is -3.29. The monoisotopic (exact) mass is 343 g/mol. The van der Waals surface area contributed by atoms with Gasteiger partial charge in [-0.3, -0.25) is 19.7 Å². The van der Waals surface area contributed by atoms with Gasteiger partial charge in [0.05, 0.1) is 10.8 Å². The zero-order valence-electron chi connectivity index (χ0n) is 13.0. The smallest absolute Gasteiger partial charge is 0.269 e. The third kappa shape index (κ3) is 3.63. The van der Waals surface area contributed by atoms with Gasteiger partial charge in [0.1, 0.15) is 5.82 Å². The summed E-state index contributed by atoms with van der Waals surface area (Å²) in [5, 5.41) is 13.3. The highest BCUT2D eigenvalue weighted by Gasteiger charge is 2.35. The first-order valence-corrected chi connectivity index (χ1v) is 7.55. The molecule has 1 aliphatic heterocycles. The molecule has 0 radical (unpaired) electrons. The second-order valence-corrected chi connectivity index (χ2v) is 5.68. The number of halogens is 1. The standard InChI is InChI=1S/C17H14FN3O4/c18-12-1-5-14(6-2-12)20-10-11(9-16(20)22)17(23)19-13-3-7-15(8-4-13)21(24)25/h1-8,11H,9-10H2,(H,19,23). The molecule has 8 heteroatoms. The molecule has 0 spiro atoms. The van der Waals surface area contributed by atoms with Gasteiger partial charge in [0.2, 0.25) is 11.8 Å². The molecule has 25 heavy (non-hydrogen) atoms. The normalized spacial score (nSPS) is 16.8. The molecule has 0 bridgehead atoms. The zero-order valence-corrected chi connectivity index (χ0v) is 13.0. The van der Waals surface area contributed by atoms with E-state index in [1.54, 1.807) is 0 Å². The van der Waals surface area contributed by atoms with Gasteiger partial charge in [-0.05, 0) is 36.4 Å². The van der Waals surface area contributed by atoms with Gasteiger partial charge < -0.3 is 10.2 Å². The largest absolute Gasteiger partial charge is 0.326 e. The first kappa shape index (κ1) is 16.6. The molecule has 1 aliphatic rings. The predicted octanol–water partition coefficient (Wildman–Crippen LogP) is 2.73. The summed E-state index contributed by atoms with van der Waals surface area (Å²) in [5.74, 6) is -1.50. The third-order valence-corrected chi connectivity index (χ3v) is 3.98. The van der Waals surface area contributed by atoms with E-state index in [2.05, 4.69) is 5.32 Å². The minimum absolute atomic E-state index is 0.0518. The summed E-state index contributed by atoms with van der Waals surface area (Å²) >= 11 is 0. The van der Waals surface area contributed by atoms with Gasteiger partial charge in [-0.2, -0.15) is 0 Å². The van der Waals surface area contributed by atoms with Crippen molar-refractivity contribution in [1.29, 1.82) is 0 Å². The van der Waals surface area contributed by atoms with Crippen molar-refractivity contribution in [1.82, 2.24) is 0 Å². The number of hydrogen-bond donors (Lipinski definition) is 1. The number of amides is 2. The fourth-order valence-corrected chi connectivity index (χ4v) is 2.66. The maximum Gasteiger partial charge on any atom is 0.269 e. The first-order valence-electron chi connectivity index (χ1n) is 7.55. The fraction of sp³-hybridized carbons (Fsp3) is 0.176. The Kier molecular flexibility index (Phi) is 4.42. The molecular formula is C17H14FN3O4. The molecule has 7 nitrogen and oxygen atoms in total. The molecule has 1 fully saturated rings. The highest BCUT2D eigenvalue weighted by molar-refractivity contribution is 6.03. The van der Waals surface area contributed by atoms with Gasteiger partial charge in [0.25, 0.3) is 5.69 Å². The lowest BCUT2D eigenvalue weighted by atomic mass is 10.1. The second kappa shape index (κ2) is 6.68. The number of benzene rings is 2. The molecule has 128 valence electrons. The van der Waals surface area contributed by atoms with E-state index < -0.39 is 16.7 Å². The Bertz CT molecular complexity index is 821. The number of carbonyl (C=O) groups excluding carboxylic acids is 2. The van der Waals surface area contributed by atoms with Crippen LogP contribution in [0.5, 0.6) is 0 Å². The average molecular weight is 343 g/mol. The van der Waals surface area contributed by atoms with Gasteiger partial charge in [0, 0.05) is 36.5 Å². The molecule has 1 saturated heterocycles. The molecule has 0 saturated carbocycles. The molecular weight excluding hydrogens is 329 g/mol. The predicted molar refractivity (Wildman–Crippen MR) is 88.6 cm³/mol. The number of carbonyl (C=O) groups is 2. The fourth-order valence-electron chi connectivity index (χ4n) is 2.66. The number of non-ortho nitro benzene ring substituents is 1. The van der Waals surface area contributed by atoms with Crippen molar-refractivity contribution in [3.8, 4) is 0 Å². The topological polar surface area (TPSA) is 92.5 Å². The van der Waals surface area contributed by atoms with Gasteiger partial charge in [-0.1, -0.05) is 0 Å². The van der Waals surface area contributed by atoms with E-state index in [1.807, 2.05) is 0 Å². The summed E-state index contributed by atoms with van der Waals surface area (Å²) in [6.45, 7) is 0.198. The van der Waals surface area contributed by atoms with Gasteiger partial charge >= 0.3 is 0 Å². The van der Waals surface area contributed by atoms with Gasteiger partial charge in [-0.15, -0.1) is 0 Å². The Morgan fingerprint density at radius 2 is 1.80 bits per heavy atom. The van der Waals surface area contributed by atoms with E-state index in [-0.39, 0.29) is 30.5 Å². The maximum atomic E-state index is 13.0.